The molecule has 0 fully saturated rings. The van der Waals surface area contributed by atoms with Gasteiger partial charge in [0.2, 0.25) is 0 Å². The molecule has 1 aromatic carbocycles. The summed E-state index contributed by atoms with van der Waals surface area (Å²) in [6.45, 7) is 0.0490. The fraction of sp³-hybridized carbons (Fsp3) is 0.333. The maximum atomic E-state index is 9.18. The summed E-state index contributed by atoms with van der Waals surface area (Å²) < 4.78 is 0. The first-order valence-electron chi connectivity index (χ1n) is 5.29. The molecule has 3 N–H and O–H groups in total. The highest BCUT2D eigenvalue weighted by atomic mass is 16.6. The van der Waals surface area contributed by atoms with Gasteiger partial charge in [-0.25, -0.2) is 0 Å². The summed E-state index contributed by atoms with van der Waals surface area (Å²) in [7, 11) is 1.55. The fourth-order valence-corrected chi connectivity index (χ4v) is 1.88. The normalized spacial score (nSPS) is 13.1. The van der Waals surface area contributed by atoms with Crippen LogP contribution in [0.1, 0.15) is 5.56 Å². The van der Waals surface area contributed by atoms with Gasteiger partial charge in [0, 0.05) is 17.1 Å². The van der Waals surface area contributed by atoms with Gasteiger partial charge in [-0.1, -0.05) is 18.2 Å². The first kappa shape index (κ1) is 11.1. The monoisotopic (exact) mass is 220 g/mol. The third kappa shape index (κ3) is 2.24. The van der Waals surface area contributed by atoms with E-state index in [0.29, 0.717) is 0 Å². The second kappa shape index (κ2) is 5.12. The molecule has 0 spiro atoms. The number of rotatable bonds is 5. The molecule has 1 atom stereocenters. The minimum Gasteiger partial charge on any atom is -0.395 e. The molecule has 0 aliphatic carbocycles. The number of para-hydroxylation sites is 1. The van der Waals surface area contributed by atoms with Gasteiger partial charge in [-0.3, -0.25) is 0 Å². The predicted molar refractivity (Wildman–Crippen MR) is 63.0 cm³/mol. The molecular weight excluding hydrogens is 204 g/mol. The minimum atomic E-state index is -0.0794. The van der Waals surface area contributed by atoms with E-state index in [-0.39, 0.29) is 12.6 Å². The van der Waals surface area contributed by atoms with Gasteiger partial charge < -0.3 is 14.9 Å². The molecule has 2 aromatic rings. The molecular formula is C12H16N2O2. The molecule has 0 saturated heterocycles. The van der Waals surface area contributed by atoms with Gasteiger partial charge in [-0.2, -0.15) is 5.48 Å². The molecule has 4 heteroatoms. The molecule has 0 aliphatic heterocycles. The second-order valence-corrected chi connectivity index (χ2v) is 3.77. The first-order chi connectivity index (χ1) is 7.85. The van der Waals surface area contributed by atoms with Crippen LogP contribution in [0.15, 0.2) is 30.5 Å². The summed E-state index contributed by atoms with van der Waals surface area (Å²) in [5.74, 6) is 0. The Morgan fingerprint density at radius 3 is 3.00 bits per heavy atom. The number of aliphatic hydroxyl groups excluding tert-OH is 1. The molecule has 1 aromatic heterocycles. The van der Waals surface area contributed by atoms with Crippen molar-refractivity contribution >= 4 is 10.9 Å². The van der Waals surface area contributed by atoms with Gasteiger partial charge in [0.1, 0.15) is 0 Å². The van der Waals surface area contributed by atoms with Crippen LogP contribution in [0.25, 0.3) is 10.9 Å². The number of hydrogen-bond acceptors (Lipinski definition) is 3. The topological polar surface area (TPSA) is 57.3 Å². The lowest BCUT2D eigenvalue weighted by molar-refractivity contribution is 0.0404. The number of nitrogens with one attached hydrogen (secondary N) is 2. The molecule has 1 heterocycles. The zero-order valence-electron chi connectivity index (χ0n) is 9.23. The average Bonchev–Trinajstić information content (AvgIpc) is 2.72. The molecule has 0 bridgehead atoms. The Morgan fingerprint density at radius 1 is 1.44 bits per heavy atom. The lowest BCUT2D eigenvalue weighted by Gasteiger charge is -2.13. The van der Waals surface area contributed by atoms with Crippen LogP contribution in [0, 0.1) is 0 Å². The van der Waals surface area contributed by atoms with Crippen molar-refractivity contribution in [2.75, 3.05) is 13.7 Å². The summed E-state index contributed by atoms with van der Waals surface area (Å²) in [6.07, 6.45) is 2.71. The van der Waals surface area contributed by atoms with Crippen LogP contribution < -0.4 is 5.48 Å². The van der Waals surface area contributed by atoms with Gasteiger partial charge >= 0.3 is 0 Å². The quantitative estimate of drug-likeness (QED) is 0.664. The van der Waals surface area contributed by atoms with Gasteiger partial charge in [0.05, 0.1) is 19.8 Å². The number of aromatic amines is 1. The minimum absolute atomic E-state index is 0.0490. The smallest absolute Gasteiger partial charge is 0.0610 e. The second-order valence-electron chi connectivity index (χ2n) is 3.77. The van der Waals surface area contributed by atoms with E-state index in [1.807, 2.05) is 24.4 Å². The van der Waals surface area contributed by atoms with Crippen LogP contribution in [0.2, 0.25) is 0 Å². The number of H-pyrrole nitrogens is 1. The third-order valence-corrected chi connectivity index (χ3v) is 2.65. The molecule has 4 nitrogen and oxygen atoms in total. The molecule has 86 valence electrons. The van der Waals surface area contributed by atoms with Gasteiger partial charge in [0.25, 0.3) is 0 Å². The average molecular weight is 220 g/mol. The maximum absolute atomic E-state index is 9.18. The summed E-state index contributed by atoms with van der Waals surface area (Å²) in [6, 6.07) is 8.04. The number of fused-ring (bicyclic) bond motifs is 1. The summed E-state index contributed by atoms with van der Waals surface area (Å²) >= 11 is 0. The van der Waals surface area contributed by atoms with Crippen LogP contribution in [-0.4, -0.2) is 29.8 Å². The van der Waals surface area contributed by atoms with Gasteiger partial charge in [0.15, 0.2) is 0 Å². The molecule has 0 radical (unpaired) electrons. The number of aromatic nitrogens is 1. The number of hydroxylamine groups is 1. The Labute approximate surface area is 94.2 Å². The fourth-order valence-electron chi connectivity index (χ4n) is 1.88. The third-order valence-electron chi connectivity index (χ3n) is 2.65. The number of hydrogen-bond donors (Lipinski definition) is 3. The van der Waals surface area contributed by atoms with E-state index in [1.165, 1.54) is 10.9 Å². The van der Waals surface area contributed by atoms with Crippen LogP contribution in [0.4, 0.5) is 0 Å². The highest BCUT2D eigenvalue weighted by Gasteiger charge is 2.10. The van der Waals surface area contributed by atoms with Crippen LogP contribution in [0.3, 0.4) is 0 Å². The van der Waals surface area contributed by atoms with Crippen molar-refractivity contribution in [3.63, 3.8) is 0 Å². The van der Waals surface area contributed by atoms with E-state index in [4.69, 9.17) is 4.84 Å². The Kier molecular flexibility index (Phi) is 3.56. The predicted octanol–water partition coefficient (Wildman–Crippen LogP) is 1.22. The van der Waals surface area contributed by atoms with Gasteiger partial charge in [-0.05, 0) is 18.1 Å². The largest absolute Gasteiger partial charge is 0.395 e. The van der Waals surface area contributed by atoms with Crippen LogP contribution >= 0.6 is 0 Å². The van der Waals surface area contributed by atoms with Crippen molar-refractivity contribution in [2.24, 2.45) is 0 Å². The lowest BCUT2D eigenvalue weighted by Crippen LogP contribution is -2.33. The van der Waals surface area contributed by atoms with Crippen molar-refractivity contribution in [3.8, 4) is 0 Å². The summed E-state index contributed by atoms with van der Waals surface area (Å²) in [5, 5.41) is 10.4. The Morgan fingerprint density at radius 2 is 2.25 bits per heavy atom. The van der Waals surface area contributed by atoms with Crippen molar-refractivity contribution in [3.05, 3.63) is 36.0 Å². The maximum Gasteiger partial charge on any atom is 0.0610 e. The van der Waals surface area contributed by atoms with Crippen molar-refractivity contribution in [1.82, 2.24) is 10.5 Å². The number of benzene rings is 1. The molecule has 16 heavy (non-hydrogen) atoms. The van der Waals surface area contributed by atoms with Crippen molar-refractivity contribution in [2.45, 2.75) is 12.5 Å². The standard InChI is InChI=1S/C12H16N2O2/c1-16-14-10(8-15)6-9-7-13-12-5-3-2-4-11(9)12/h2-5,7,10,13-15H,6,8H2,1H3/t10-/m0/s1. The Balaban J connectivity index is 2.20. The highest BCUT2D eigenvalue weighted by Crippen LogP contribution is 2.18. The zero-order valence-corrected chi connectivity index (χ0v) is 9.23. The Bertz CT molecular complexity index is 453. The first-order valence-corrected chi connectivity index (χ1v) is 5.29. The van der Waals surface area contributed by atoms with E-state index in [9.17, 15) is 5.11 Å². The Hall–Kier alpha value is -1.36. The molecule has 2 rings (SSSR count). The van der Waals surface area contributed by atoms with Crippen LogP contribution in [0.5, 0.6) is 0 Å². The van der Waals surface area contributed by atoms with Crippen LogP contribution in [-0.2, 0) is 11.3 Å². The summed E-state index contributed by atoms with van der Waals surface area (Å²) in [5.41, 5.74) is 5.07. The van der Waals surface area contributed by atoms with E-state index in [1.54, 1.807) is 7.11 Å². The lowest BCUT2D eigenvalue weighted by atomic mass is 10.1. The zero-order chi connectivity index (χ0) is 11.4. The van der Waals surface area contributed by atoms with E-state index in [2.05, 4.69) is 16.5 Å². The van der Waals surface area contributed by atoms with E-state index < -0.39 is 0 Å². The SMILES string of the molecule is CON[C@H](CO)Cc1c[nH]c2ccccc12. The molecule has 0 aliphatic rings. The van der Waals surface area contributed by atoms with E-state index in [0.717, 1.165) is 11.9 Å². The highest BCUT2D eigenvalue weighted by molar-refractivity contribution is 5.83. The molecule has 0 unspecified atom stereocenters. The van der Waals surface area contributed by atoms with Crippen molar-refractivity contribution < 1.29 is 9.94 Å². The van der Waals surface area contributed by atoms with E-state index >= 15 is 0 Å². The molecule has 0 amide bonds. The van der Waals surface area contributed by atoms with Gasteiger partial charge in [-0.15, -0.1) is 0 Å². The summed E-state index contributed by atoms with van der Waals surface area (Å²) in [4.78, 5) is 8.04. The van der Waals surface area contributed by atoms with Crippen molar-refractivity contribution in [1.29, 1.82) is 0 Å². The number of aliphatic hydroxyl groups is 1. The molecule has 0 saturated carbocycles.